The van der Waals surface area contributed by atoms with Crippen molar-refractivity contribution in [1.82, 2.24) is 4.90 Å². The van der Waals surface area contributed by atoms with Crippen molar-refractivity contribution in [2.75, 3.05) is 30.5 Å². The number of halogens is 2. The summed E-state index contributed by atoms with van der Waals surface area (Å²) in [4.78, 5) is 14.2. The molecule has 1 N–H and O–H groups in total. The highest BCUT2D eigenvalue weighted by Crippen LogP contribution is 2.22. The number of anilines is 1. The Morgan fingerprint density at radius 3 is 2.55 bits per heavy atom. The molecule has 0 radical (unpaired) electrons. The van der Waals surface area contributed by atoms with Crippen molar-refractivity contribution in [2.45, 2.75) is 19.0 Å². The van der Waals surface area contributed by atoms with Gasteiger partial charge >= 0.3 is 0 Å². The molecule has 1 heterocycles. The number of benzene rings is 2. The van der Waals surface area contributed by atoms with Crippen molar-refractivity contribution in [1.29, 1.82) is 0 Å². The quantitative estimate of drug-likeness (QED) is 0.740. The van der Waals surface area contributed by atoms with E-state index in [4.69, 9.17) is 4.74 Å². The molecule has 1 saturated heterocycles. The van der Waals surface area contributed by atoms with Gasteiger partial charge < -0.3 is 10.1 Å². The van der Waals surface area contributed by atoms with Crippen LogP contribution in [0.1, 0.15) is 12.0 Å². The first-order valence-electron chi connectivity index (χ1n) is 9.08. The summed E-state index contributed by atoms with van der Waals surface area (Å²) in [7, 11) is -1.60. The van der Waals surface area contributed by atoms with E-state index in [0.717, 1.165) is 23.8 Å². The number of carbonyl (C=O) groups is 1. The molecule has 1 unspecified atom stereocenters. The van der Waals surface area contributed by atoms with E-state index in [0.29, 0.717) is 18.7 Å². The highest BCUT2D eigenvalue weighted by atomic mass is 32.2. The molecule has 0 saturated carbocycles. The Balaban J connectivity index is 1.75. The molecule has 6 nitrogen and oxygen atoms in total. The summed E-state index contributed by atoms with van der Waals surface area (Å²) in [6.07, 6.45) is 0.417. The average molecular weight is 424 g/mol. The minimum atomic E-state index is -3.15. The molecule has 1 fully saturated rings. The topological polar surface area (TPSA) is 75.7 Å². The highest BCUT2D eigenvalue weighted by molar-refractivity contribution is 7.91. The summed E-state index contributed by atoms with van der Waals surface area (Å²) >= 11 is 0. The molecule has 9 heteroatoms. The maximum Gasteiger partial charge on any atom is 0.238 e. The summed E-state index contributed by atoms with van der Waals surface area (Å²) in [6, 6.07) is 9.70. The zero-order chi connectivity index (χ0) is 21.0. The first-order valence-corrected chi connectivity index (χ1v) is 10.9. The lowest BCUT2D eigenvalue weighted by atomic mass is 10.1. The Morgan fingerprint density at radius 1 is 1.21 bits per heavy atom. The second-order valence-corrected chi connectivity index (χ2v) is 9.21. The van der Waals surface area contributed by atoms with Crippen molar-refractivity contribution in [3.05, 3.63) is 59.7 Å². The SMILES string of the molecule is COc1ccc(CN(CC(=O)Nc2cc(F)ccc2F)C2CCS(=O)(=O)C2)cc1. The normalized spacial score (nSPS) is 18.0. The largest absolute Gasteiger partial charge is 0.497 e. The van der Waals surface area contributed by atoms with Crippen molar-refractivity contribution in [3.8, 4) is 5.75 Å². The first-order chi connectivity index (χ1) is 13.8. The summed E-state index contributed by atoms with van der Waals surface area (Å²) in [6.45, 7) is 0.186. The first kappa shape index (κ1) is 21.2. The lowest BCUT2D eigenvalue weighted by Crippen LogP contribution is -2.41. The van der Waals surface area contributed by atoms with Crippen LogP contribution >= 0.6 is 0 Å². The van der Waals surface area contributed by atoms with Gasteiger partial charge in [-0.3, -0.25) is 9.69 Å². The molecule has 0 aromatic heterocycles. The molecule has 0 bridgehead atoms. The molecule has 0 aliphatic carbocycles. The standard InChI is InChI=1S/C20H22F2N2O4S/c1-28-17-5-2-14(3-6-17)11-24(16-8-9-29(26,27)13-16)12-20(25)23-19-10-15(21)4-7-18(19)22/h2-7,10,16H,8-9,11-13H2,1H3,(H,23,25). The molecule has 2 aromatic rings. The highest BCUT2D eigenvalue weighted by Gasteiger charge is 2.33. The number of methoxy groups -OCH3 is 1. The average Bonchev–Trinajstić information content (AvgIpc) is 3.04. The van der Waals surface area contributed by atoms with Gasteiger partial charge in [0.1, 0.15) is 17.4 Å². The van der Waals surface area contributed by atoms with E-state index in [9.17, 15) is 22.0 Å². The summed E-state index contributed by atoms with van der Waals surface area (Å²) in [5.41, 5.74) is 0.623. The summed E-state index contributed by atoms with van der Waals surface area (Å²) in [5.74, 6) is -1.25. The van der Waals surface area contributed by atoms with Crippen LogP contribution in [0.4, 0.5) is 14.5 Å². The van der Waals surface area contributed by atoms with Crippen LogP contribution in [0.5, 0.6) is 5.75 Å². The second-order valence-electron chi connectivity index (χ2n) is 6.98. The molecule has 1 aliphatic rings. The number of rotatable bonds is 7. The van der Waals surface area contributed by atoms with Crippen LogP contribution in [-0.2, 0) is 21.2 Å². The number of ether oxygens (including phenoxy) is 1. The maximum atomic E-state index is 13.8. The lowest BCUT2D eigenvalue weighted by Gasteiger charge is -2.27. The molecular weight excluding hydrogens is 402 g/mol. The van der Waals surface area contributed by atoms with E-state index < -0.39 is 27.4 Å². The van der Waals surface area contributed by atoms with E-state index >= 15 is 0 Å². The van der Waals surface area contributed by atoms with Crippen LogP contribution in [0.25, 0.3) is 0 Å². The number of nitrogens with zero attached hydrogens (tertiary/aromatic N) is 1. The van der Waals surface area contributed by atoms with Gasteiger partial charge in [0.2, 0.25) is 5.91 Å². The number of hydrogen-bond donors (Lipinski definition) is 1. The minimum absolute atomic E-state index is 0.0369. The number of hydrogen-bond acceptors (Lipinski definition) is 5. The van der Waals surface area contributed by atoms with Gasteiger partial charge in [0, 0.05) is 18.7 Å². The summed E-state index contributed by atoms with van der Waals surface area (Å²) < 4.78 is 56.1. The van der Waals surface area contributed by atoms with Gasteiger partial charge in [-0.05, 0) is 36.2 Å². The molecule has 1 amide bonds. The van der Waals surface area contributed by atoms with Crippen LogP contribution in [0.15, 0.2) is 42.5 Å². The second kappa shape index (κ2) is 8.87. The number of amides is 1. The number of nitrogens with one attached hydrogen (secondary N) is 1. The van der Waals surface area contributed by atoms with Gasteiger partial charge in [-0.2, -0.15) is 0 Å². The van der Waals surface area contributed by atoms with Crippen molar-refractivity contribution < 1.29 is 26.7 Å². The maximum absolute atomic E-state index is 13.8. The Kier molecular flexibility index (Phi) is 6.49. The van der Waals surface area contributed by atoms with E-state index in [1.54, 1.807) is 24.1 Å². The third-order valence-corrected chi connectivity index (χ3v) is 6.57. The van der Waals surface area contributed by atoms with E-state index in [1.807, 2.05) is 12.1 Å². The number of sulfone groups is 1. The van der Waals surface area contributed by atoms with Gasteiger partial charge in [-0.15, -0.1) is 0 Å². The van der Waals surface area contributed by atoms with Crippen molar-refractivity contribution in [3.63, 3.8) is 0 Å². The Labute approximate surface area is 168 Å². The zero-order valence-corrected chi connectivity index (χ0v) is 16.7. The van der Waals surface area contributed by atoms with Gasteiger partial charge in [-0.1, -0.05) is 12.1 Å². The fraction of sp³-hybridized carbons (Fsp3) is 0.350. The fourth-order valence-electron chi connectivity index (χ4n) is 3.31. The fourth-order valence-corrected chi connectivity index (χ4v) is 5.07. The van der Waals surface area contributed by atoms with Gasteiger partial charge in [0.25, 0.3) is 0 Å². The molecule has 2 aromatic carbocycles. The van der Waals surface area contributed by atoms with Gasteiger partial charge in [0.15, 0.2) is 9.84 Å². The van der Waals surface area contributed by atoms with Crippen LogP contribution in [0, 0.1) is 11.6 Å². The molecular formula is C20H22F2N2O4S. The van der Waals surface area contributed by atoms with Crippen LogP contribution in [-0.4, -0.2) is 50.4 Å². The lowest BCUT2D eigenvalue weighted by molar-refractivity contribution is -0.117. The minimum Gasteiger partial charge on any atom is -0.497 e. The monoisotopic (exact) mass is 424 g/mol. The predicted molar refractivity (Wildman–Crippen MR) is 105 cm³/mol. The molecule has 3 rings (SSSR count). The molecule has 1 atom stereocenters. The Bertz CT molecular complexity index is 980. The van der Waals surface area contributed by atoms with Gasteiger partial charge in [0.05, 0.1) is 30.8 Å². The number of carbonyl (C=O) groups excluding carboxylic acids is 1. The van der Waals surface area contributed by atoms with E-state index in [-0.39, 0.29) is 29.8 Å². The molecule has 29 heavy (non-hydrogen) atoms. The predicted octanol–water partition coefficient (Wildman–Crippen LogP) is 2.60. The Hall–Kier alpha value is -2.52. The van der Waals surface area contributed by atoms with Crippen LogP contribution in [0.3, 0.4) is 0 Å². The van der Waals surface area contributed by atoms with Crippen LogP contribution < -0.4 is 10.1 Å². The molecule has 0 spiro atoms. The third kappa shape index (κ3) is 5.74. The van der Waals surface area contributed by atoms with Crippen molar-refractivity contribution in [2.24, 2.45) is 0 Å². The molecule has 156 valence electrons. The summed E-state index contributed by atoms with van der Waals surface area (Å²) in [5, 5.41) is 2.36. The van der Waals surface area contributed by atoms with Crippen LogP contribution in [0.2, 0.25) is 0 Å². The zero-order valence-electron chi connectivity index (χ0n) is 15.9. The molecule has 1 aliphatic heterocycles. The third-order valence-electron chi connectivity index (χ3n) is 4.82. The smallest absolute Gasteiger partial charge is 0.238 e. The van der Waals surface area contributed by atoms with E-state index in [2.05, 4.69) is 5.32 Å². The van der Waals surface area contributed by atoms with Crippen molar-refractivity contribution >= 4 is 21.4 Å². The Morgan fingerprint density at radius 2 is 1.93 bits per heavy atom. The van der Waals surface area contributed by atoms with Gasteiger partial charge in [-0.25, -0.2) is 17.2 Å². The van der Waals surface area contributed by atoms with E-state index in [1.165, 1.54) is 0 Å².